The lowest BCUT2D eigenvalue weighted by Gasteiger charge is -2.18. The molecule has 0 amide bonds. The molecule has 1 heterocycles. The smallest absolute Gasteiger partial charge is 0.218 e. The van der Waals surface area contributed by atoms with Crippen LogP contribution in [0.4, 0.5) is 0 Å². The van der Waals surface area contributed by atoms with Crippen LogP contribution in [0.15, 0.2) is 23.3 Å². The highest BCUT2D eigenvalue weighted by molar-refractivity contribution is 7.90. The molecule has 0 aromatic carbocycles. The van der Waals surface area contributed by atoms with Crippen molar-refractivity contribution in [2.24, 2.45) is 4.99 Å². The average Bonchev–Trinajstić information content (AvgIpc) is 3.12. The van der Waals surface area contributed by atoms with Crippen LogP contribution in [0.5, 0.6) is 5.88 Å². The first-order valence-electron chi connectivity index (χ1n) is 9.70. The van der Waals surface area contributed by atoms with E-state index in [1.807, 2.05) is 26.0 Å². The summed E-state index contributed by atoms with van der Waals surface area (Å²) in [5.41, 5.74) is 0.949. The number of aromatic nitrogens is 1. The zero-order chi connectivity index (χ0) is 19.7. The Morgan fingerprint density at radius 3 is 2.81 bits per heavy atom. The van der Waals surface area contributed by atoms with Crippen molar-refractivity contribution in [3.63, 3.8) is 0 Å². The first kappa shape index (κ1) is 21.5. The van der Waals surface area contributed by atoms with Crippen LogP contribution in [0.2, 0.25) is 0 Å². The number of rotatable bonds is 9. The zero-order valence-corrected chi connectivity index (χ0v) is 17.4. The molecule has 7 nitrogen and oxygen atoms in total. The molecule has 1 aromatic rings. The van der Waals surface area contributed by atoms with Crippen LogP contribution in [0.1, 0.15) is 51.5 Å². The van der Waals surface area contributed by atoms with Crippen LogP contribution in [0.3, 0.4) is 0 Å². The second kappa shape index (κ2) is 10.5. The van der Waals surface area contributed by atoms with Gasteiger partial charge in [-0.15, -0.1) is 0 Å². The maximum atomic E-state index is 11.3. The Kier molecular flexibility index (Phi) is 8.34. The first-order valence-corrected chi connectivity index (χ1v) is 11.8. The van der Waals surface area contributed by atoms with E-state index in [9.17, 15) is 8.42 Å². The zero-order valence-electron chi connectivity index (χ0n) is 16.6. The molecule has 1 atom stereocenters. The van der Waals surface area contributed by atoms with Gasteiger partial charge in [-0.1, -0.05) is 6.07 Å². The van der Waals surface area contributed by atoms with Gasteiger partial charge in [0, 0.05) is 30.6 Å². The maximum absolute atomic E-state index is 11.3. The minimum Gasteiger partial charge on any atom is -0.474 e. The maximum Gasteiger partial charge on any atom is 0.218 e. The van der Waals surface area contributed by atoms with E-state index < -0.39 is 9.84 Å². The van der Waals surface area contributed by atoms with Crippen molar-refractivity contribution in [3.05, 3.63) is 23.9 Å². The fourth-order valence-corrected chi connectivity index (χ4v) is 3.78. The van der Waals surface area contributed by atoms with Gasteiger partial charge in [0.1, 0.15) is 15.9 Å². The number of sulfone groups is 1. The molecule has 0 saturated heterocycles. The van der Waals surface area contributed by atoms with Crippen molar-refractivity contribution in [1.82, 2.24) is 15.6 Å². The molecule has 1 unspecified atom stereocenters. The standard InChI is InChI=1S/C19H32N4O3S/c1-4-20-19(23-15(2)11-13-27(3,24)25)22-14-16-8-7-12-21-18(16)26-17-9-5-6-10-17/h7-8,12,15,17H,4-6,9-11,13-14H2,1-3H3,(H2,20,22,23). The largest absolute Gasteiger partial charge is 0.474 e. The molecule has 2 rings (SSSR count). The number of nitrogens with one attached hydrogen (secondary N) is 2. The van der Waals surface area contributed by atoms with Gasteiger partial charge >= 0.3 is 0 Å². The Bertz CT molecular complexity index is 715. The lowest BCUT2D eigenvalue weighted by molar-refractivity contribution is 0.199. The number of aliphatic imine (C=N–C) groups is 1. The molecule has 152 valence electrons. The minimum atomic E-state index is -2.96. The molecular weight excluding hydrogens is 364 g/mol. The summed E-state index contributed by atoms with van der Waals surface area (Å²) in [5, 5.41) is 6.47. The monoisotopic (exact) mass is 396 g/mol. The third kappa shape index (κ3) is 8.15. The molecule has 1 fully saturated rings. The SMILES string of the molecule is CCNC(=NCc1cccnc1OC1CCCC1)NC(C)CCS(C)(=O)=O. The summed E-state index contributed by atoms with van der Waals surface area (Å²) in [6.07, 6.45) is 8.39. The van der Waals surface area contributed by atoms with E-state index in [0.717, 1.165) is 24.9 Å². The van der Waals surface area contributed by atoms with E-state index in [0.29, 0.717) is 24.8 Å². The molecule has 0 spiro atoms. The lowest BCUT2D eigenvalue weighted by Crippen LogP contribution is -2.42. The van der Waals surface area contributed by atoms with Crippen molar-refractivity contribution < 1.29 is 13.2 Å². The Hall–Kier alpha value is -1.83. The highest BCUT2D eigenvalue weighted by Crippen LogP contribution is 2.25. The molecule has 2 N–H and O–H groups in total. The Balaban J connectivity index is 1.99. The first-order chi connectivity index (χ1) is 12.9. The Morgan fingerprint density at radius 2 is 2.15 bits per heavy atom. The van der Waals surface area contributed by atoms with E-state index in [2.05, 4.69) is 20.6 Å². The second-order valence-electron chi connectivity index (χ2n) is 7.15. The van der Waals surface area contributed by atoms with Gasteiger partial charge in [-0.05, 0) is 52.0 Å². The summed E-state index contributed by atoms with van der Waals surface area (Å²) in [5.74, 6) is 1.48. The summed E-state index contributed by atoms with van der Waals surface area (Å²) >= 11 is 0. The second-order valence-corrected chi connectivity index (χ2v) is 9.41. The topological polar surface area (TPSA) is 92.7 Å². The van der Waals surface area contributed by atoms with Crippen molar-refractivity contribution in [1.29, 1.82) is 0 Å². The average molecular weight is 397 g/mol. The summed E-state index contributed by atoms with van der Waals surface area (Å²) < 4.78 is 28.8. The number of ether oxygens (including phenoxy) is 1. The predicted molar refractivity (Wildman–Crippen MR) is 109 cm³/mol. The molecule has 0 radical (unpaired) electrons. The van der Waals surface area contributed by atoms with Gasteiger partial charge in [0.05, 0.1) is 12.3 Å². The van der Waals surface area contributed by atoms with Gasteiger partial charge in [-0.25, -0.2) is 18.4 Å². The van der Waals surface area contributed by atoms with Gasteiger partial charge < -0.3 is 15.4 Å². The van der Waals surface area contributed by atoms with Gasteiger partial charge in [0.2, 0.25) is 5.88 Å². The van der Waals surface area contributed by atoms with Gasteiger partial charge in [0.15, 0.2) is 5.96 Å². The van der Waals surface area contributed by atoms with Gasteiger partial charge in [0.25, 0.3) is 0 Å². The van der Waals surface area contributed by atoms with Crippen LogP contribution in [0, 0.1) is 0 Å². The highest BCUT2D eigenvalue weighted by atomic mass is 32.2. The van der Waals surface area contributed by atoms with E-state index in [1.165, 1.54) is 19.1 Å². The highest BCUT2D eigenvalue weighted by Gasteiger charge is 2.18. The molecular formula is C19H32N4O3S. The summed E-state index contributed by atoms with van der Waals surface area (Å²) in [6, 6.07) is 3.87. The van der Waals surface area contributed by atoms with E-state index in [1.54, 1.807) is 6.20 Å². The third-order valence-corrected chi connectivity index (χ3v) is 5.46. The van der Waals surface area contributed by atoms with Gasteiger partial charge in [-0.3, -0.25) is 0 Å². The number of hydrogen-bond donors (Lipinski definition) is 2. The van der Waals surface area contributed by atoms with Crippen molar-refractivity contribution in [2.75, 3.05) is 18.6 Å². The molecule has 8 heteroatoms. The Labute approximate surface area is 162 Å². The van der Waals surface area contributed by atoms with Crippen LogP contribution in [0.25, 0.3) is 0 Å². The predicted octanol–water partition coefficient (Wildman–Crippen LogP) is 2.28. The Morgan fingerprint density at radius 1 is 1.41 bits per heavy atom. The lowest BCUT2D eigenvalue weighted by atomic mass is 10.2. The fourth-order valence-electron chi connectivity index (χ4n) is 3.00. The normalized spacial score (nSPS) is 16.9. The minimum absolute atomic E-state index is 0.000586. The van der Waals surface area contributed by atoms with Crippen molar-refractivity contribution in [3.8, 4) is 5.88 Å². The molecule has 27 heavy (non-hydrogen) atoms. The van der Waals surface area contributed by atoms with E-state index in [4.69, 9.17) is 4.74 Å². The van der Waals surface area contributed by atoms with E-state index in [-0.39, 0.29) is 17.9 Å². The van der Waals surface area contributed by atoms with Gasteiger partial charge in [-0.2, -0.15) is 0 Å². The van der Waals surface area contributed by atoms with Crippen LogP contribution >= 0.6 is 0 Å². The number of guanidine groups is 1. The molecule has 0 bridgehead atoms. The van der Waals surface area contributed by atoms with Crippen LogP contribution < -0.4 is 15.4 Å². The summed E-state index contributed by atoms with van der Waals surface area (Å²) in [4.78, 5) is 9.01. The number of hydrogen-bond acceptors (Lipinski definition) is 5. The molecule has 1 aliphatic carbocycles. The molecule has 0 aliphatic heterocycles. The van der Waals surface area contributed by atoms with Crippen LogP contribution in [-0.4, -0.2) is 50.1 Å². The summed E-state index contributed by atoms with van der Waals surface area (Å²) in [7, 11) is -2.96. The third-order valence-electron chi connectivity index (χ3n) is 4.49. The fraction of sp³-hybridized carbons (Fsp3) is 0.684. The van der Waals surface area contributed by atoms with Crippen LogP contribution in [-0.2, 0) is 16.4 Å². The van der Waals surface area contributed by atoms with Crippen molar-refractivity contribution >= 4 is 15.8 Å². The van der Waals surface area contributed by atoms with E-state index >= 15 is 0 Å². The quantitative estimate of drug-likeness (QED) is 0.491. The molecule has 1 saturated carbocycles. The number of nitrogens with zero attached hydrogens (tertiary/aromatic N) is 2. The summed E-state index contributed by atoms with van der Waals surface area (Å²) in [6.45, 7) is 5.13. The van der Waals surface area contributed by atoms with Crippen molar-refractivity contribution in [2.45, 2.75) is 64.6 Å². The molecule has 1 aromatic heterocycles. The number of pyridine rings is 1. The molecule has 1 aliphatic rings.